The molecule has 36 heavy (non-hydrogen) atoms. The zero-order valence-electron chi connectivity index (χ0n) is 19.1. The van der Waals surface area contributed by atoms with Gasteiger partial charge in [-0.1, -0.05) is 6.07 Å². The Morgan fingerprint density at radius 2 is 1.81 bits per heavy atom. The molecule has 0 bridgehead atoms. The minimum Gasteiger partial charge on any atom is -0.456 e. The van der Waals surface area contributed by atoms with Crippen molar-refractivity contribution in [1.82, 2.24) is 24.4 Å². The van der Waals surface area contributed by atoms with Crippen molar-refractivity contribution in [1.29, 1.82) is 0 Å². The quantitative estimate of drug-likeness (QED) is 0.411. The zero-order valence-corrected chi connectivity index (χ0v) is 19.1. The number of halogens is 3. The minimum absolute atomic E-state index is 0.0185. The number of carbonyl (C=O) groups is 2. The molecule has 1 saturated carbocycles. The van der Waals surface area contributed by atoms with Crippen molar-refractivity contribution in [3.63, 3.8) is 0 Å². The Morgan fingerprint density at radius 1 is 1.06 bits per heavy atom. The predicted octanol–water partition coefficient (Wildman–Crippen LogP) is 4.18. The van der Waals surface area contributed by atoms with E-state index in [2.05, 4.69) is 25.8 Å². The number of anilines is 2. The maximum atomic E-state index is 13.3. The second-order valence-electron chi connectivity index (χ2n) is 8.46. The molecule has 0 saturated heterocycles. The van der Waals surface area contributed by atoms with Gasteiger partial charge in [0.25, 0.3) is 5.91 Å². The molecule has 10 nitrogen and oxygen atoms in total. The summed E-state index contributed by atoms with van der Waals surface area (Å²) in [7, 11) is 1.31. The molecule has 0 spiro atoms. The Morgan fingerprint density at radius 3 is 2.53 bits per heavy atom. The molecule has 1 aliphatic carbocycles. The van der Waals surface area contributed by atoms with E-state index in [4.69, 9.17) is 4.74 Å². The molecular formula is C23H20F3N7O3. The molecule has 0 atom stereocenters. The summed E-state index contributed by atoms with van der Waals surface area (Å²) in [4.78, 5) is 28.8. The molecule has 0 unspecified atom stereocenters. The summed E-state index contributed by atoms with van der Waals surface area (Å²) in [6.45, 7) is 1.70. The fourth-order valence-electron chi connectivity index (χ4n) is 3.52. The van der Waals surface area contributed by atoms with Crippen LogP contribution < -0.4 is 15.4 Å². The number of hydrogen-bond donors (Lipinski definition) is 2. The summed E-state index contributed by atoms with van der Waals surface area (Å²) in [6.07, 6.45) is -0.459. The van der Waals surface area contributed by atoms with Gasteiger partial charge in [-0.15, -0.1) is 5.10 Å². The highest BCUT2D eigenvalue weighted by atomic mass is 19.4. The van der Waals surface area contributed by atoms with Gasteiger partial charge in [0.05, 0.1) is 11.8 Å². The van der Waals surface area contributed by atoms with Gasteiger partial charge in [0.1, 0.15) is 11.5 Å². The summed E-state index contributed by atoms with van der Waals surface area (Å²) in [5.41, 5.74) is -0.446. The number of alkyl halides is 3. The second-order valence-corrected chi connectivity index (χ2v) is 8.46. The van der Waals surface area contributed by atoms with E-state index in [1.165, 1.54) is 17.6 Å². The largest absolute Gasteiger partial charge is 0.456 e. The smallest absolute Gasteiger partial charge is 0.435 e. The van der Waals surface area contributed by atoms with E-state index in [9.17, 15) is 22.8 Å². The van der Waals surface area contributed by atoms with Crippen molar-refractivity contribution in [3.05, 3.63) is 59.5 Å². The van der Waals surface area contributed by atoms with Crippen LogP contribution in [0.5, 0.6) is 11.5 Å². The molecule has 1 aromatic carbocycles. The van der Waals surface area contributed by atoms with Crippen molar-refractivity contribution in [3.8, 4) is 11.5 Å². The normalized spacial score (nSPS) is 13.6. The maximum Gasteiger partial charge on any atom is 0.435 e. The Kier molecular flexibility index (Phi) is 5.61. The van der Waals surface area contributed by atoms with E-state index in [-0.39, 0.29) is 23.5 Å². The molecule has 3 heterocycles. The monoisotopic (exact) mass is 499 g/mol. The summed E-state index contributed by atoms with van der Waals surface area (Å²) in [5, 5.41) is 12.8. The molecule has 1 fully saturated rings. The molecule has 186 valence electrons. The van der Waals surface area contributed by atoms with Crippen LogP contribution in [0.1, 0.15) is 34.5 Å². The number of fused-ring (bicyclic) bond motifs is 1. The van der Waals surface area contributed by atoms with Gasteiger partial charge >= 0.3 is 6.18 Å². The summed E-state index contributed by atoms with van der Waals surface area (Å²) in [5.74, 6) is -0.117. The number of hydrogen-bond acceptors (Lipinski definition) is 6. The number of nitrogens with zero attached hydrogens (tertiary/aromatic N) is 5. The van der Waals surface area contributed by atoms with Crippen LogP contribution in [0.25, 0.3) is 5.65 Å². The molecule has 1 aliphatic rings. The highest BCUT2D eigenvalue weighted by Crippen LogP contribution is 2.32. The lowest BCUT2D eigenvalue weighted by Crippen LogP contribution is -2.18. The molecule has 2 amide bonds. The summed E-state index contributed by atoms with van der Waals surface area (Å²) in [6, 6.07) is 8.14. The molecule has 5 rings (SSSR count). The molecule has 13 heteroatoms. The fourth-order valence-corrected chi connectivity index (χ4v) is 3.52. The number of ether oxygens (including phenoxy) is 1. The molecule has 3 aromatic heterocycles. The standard InChI is InChI=1S/C23H20F3N7O3/c1-12-3-6-14(9-17(12)27-21(35)16-11-32(2)30-19(16)23(24,25)26)36-15-7-8-18-28-22(31-33(18)10-15)29-20(34)13-4-5-13/h3,6-11,13H,4-5H2,1-2H3,(H,27,35)(H,29,31,34). The van der Waals surface area contributed by atoms with Crippen LogP contribution in [-0.4, -0.2) is 36.2 Å². The van der Waals surface area contributed by atoms with Crippen molar-refractivity contribution in [2.24, 2.45) is 13.0 Å². The number of aryl methyl sites for hydroxylation is 2. The third kappa shape index (κ3) is 4.85. The van der Waals surface area contributed by atoms with Crippen LogP contribution in [0.2, 0.25) is 0 Å². The highest BCUT2D eigenvalue weighted by molar-refractivity contribution is 6.05. The van der Waals surface area contributed by atoms with Gasteiger partial charge in [0.15, 0.2) is 11.3 Å². The predicted molar refractivity (Wildman–Crippen MR) is 122 cm³/mol. The fraction of sp³-hybridized carbons (Fsp3) is 0.261. The second kappa shape index (κ2) is 8.66. The average molecular weight is 499 g/mol. The molecule has 2 N–H and O–H groups in total. The highest BCUT2D eigenvalue weighted by Gasteiger charge is 2.39. The van der Waals surface area contributed by atoms with Crippen molar-refractivity contribution >= 4 is 29.1 Å². The van der Waals surface area contributed by atoms with E-state index in [1.807, 2.05) is 0 Å². The topological polar surface area (TPSA) is 115 Å². The minimum atomic E-state index is -4.77. The molecule has 0 aliphatic heterocycles. The lowest BCUT2D eigenvalue weighted by atomic mass is 10.1. The number of carbonyl (C=O) groups excluding carboxylic acids is 2. The summed E-state index contributed by atoms with van der Waals surface area (Å²) >= 11 is 0. The third-order valence-electron chi connectivity index (χ3n) is 5.52. The van der Waals surface area contributed by atoms with Crippen molar-refractivity contribution in [2.45, 2.75) is 25.9 Å². The van der Waals surface area contributed by atoms with Gasteiger partial charge in [0.2, 0.25) is 11.9 Å². The molecular weight excluding hydrogens is 479 g/mol. The summed E-state index contributed by atoms with van der Waals surface area (Å²) < 4.78 is 48.0. The maximum absolute atomic E-state index is 13.3. The Hall–Kier alpha value is -4.42. The lowest BCUT2D eigenvalue weighted by molar-refractivity contribution is -0.141. The Balaban J connectivity index is 1.33. The Bertz CT molecular complexity index is 1490. The van der Waals surface area contributed by atoms with Crippen LogP contribution in [0.15, 0.2) is 42.7 Å². The number of rotatable bonds is 6. The number of benzene rings is 1. The number of nitrogens with one attached hydrogen (secondary N) is 2. The van der Waals surface area contributed by atoms with Crippen LogP contribution in [-0.2, 0) is 18.0 Å². The third-order valence-corrected chi connectivity index (χ3v) is 5.52. The van der Waals surface area contributed by atoms with Crippen LogP contribution in [0, 0.1) is 12.8 Å². The molecule has 4 aromatic rings. The van der Waals surface area contributed by atoms with Gasteiger partial charge in [0, 0.05) is 30.9 Å². The zero-order chi connectivity index (χ0) is 25.6. The van der Waals surface area contributed by atoms with Gasteiger partial charge in [-0.05, 0) is 43.5 Å². The lowest BCUT2D eigenvalue weighted by Gasteiger charge is -2.12. The van der Waals surface area contributed by atoms with Crippen molar-refractivity contribution < 1.29 is 27.5 Å². The average Bonchev–Trinajstić information content (AvgIpc) is 3.47. The first kappa shape index (κ1) is 23.3. The van der Waals surface area contributed by atoms with E-state index < -0.39 is 23.3 Å². The first-order valence-electron chi connectivity index (χ1n) is 10.9. The number of amides is 2. The van der Waals surface area contributed by atoms with E-state index >= 15 is 0 Å². The number of pyridine rings is 1. The van der Waals surface area contributed by atoms with Crippen molar-refractivity contribution in [2.75, 3.05) is 10.6 Å². The first-order valence-corrected chi connectivity index (χ1v) is 10.9. The SMILES string of the molecule is Cc1ccc(Oc2ccc3nc(NC(=O)C4CC4)nn3c2)cc1NC(=O)c1cn(C)nc1C(F)(F)F. The van der Waals surface area contributed by atoms with Crippen LogP contribution >= 0.6 is 0 Å². The molecule has 0 radical (unpaired) electrons. The van der Waals surface area contributed by atoms with Crippen LogP contribution in [0.3, 0.4) is 0 Å². The van der Waals surface area contributed by atoms with Gasteiger partial charge < -0.3 is 10.1 Å². The number of aromatic nitrogens is 5. The van der Waals surface area contributed by atoms with Gasteiger partial charge in [-0.3, -0.25) is 19.6 Å². The Labute approximate surface area is 202 Å². The van der Waals surface area contributed by atoms with E-state index in [1.54, 1.807) is 37.4 Å². The van der Waals surface area contributed by atoms with Crippen LogP contribution in [0.4, 0.5) is 24.8 Å². The van der Waals surface area contributed by atoms with Gasteiger partial charge in [-0.2, -0.15) is 23.3 Å². The first-order chi connectivity index (χ1) is 17.1. The van der Waals surface area contributed by atoms with E-state index in [0.29, 0.717) is 22.7 Å². The van der Waals surface area contributed by atoms with E-state index in [0.717, 1.165) is 23.7 Å². The van der Waals surface area contributed by atoms with Gasteiger partial charge in [-0.25, -0.2) is 4.52 Å².